The van der Waals surface area contributed by atoms with E-state index < -0.39 is 0 Å². The summed E-state index contributed by atoms with van der Waals surface area (Å²) in [5.74, 6) is 0.197. The first kappa shape index (κ1) is 13.6. The molecule has 3 fully saturated rings. The van der Waals surface area contributed by atoms with E-state index in [2.05, 4.69) is 6.07 Å². The molecular formula is C19H15N3O2. The van der Waals surface area contributed by atoms with Crippen LogP contribution in [0.4, 0.5) is 10.5 Å². The maximum atomic E-state index is 13.0. The standard InChI is InChI=1S/C19H15N3O2/c20-10-12-6-8-16(15-4-2-1-3-14(12)15)22-18(23)17-11-5-7-13(9-11)21(17)19(22)24/h1-4,6,8,11,13,17H,5,7,9H2/t11-,13+,17-/m1/s1. The lowest BCUT2D eigenvalue weighted by Crippen LogP contribution is -2.40. The third-order valence-electron chi connectivity index (χ3n) is 5.73. The number of hydrogen-bond donors (Lipinski definition) is 0. The number of nitriles is 1. The Kier molecular flexibility index (Phi) is 2.58. The van der Waals surface area contributed by atoms with Crippen LogP contribution in [-0.4, -0.2) is 28.9 Å². The van der Waals surface area contributed by atoms with Gasteiger partial charge in [0.25, 0.3) is 5.91 Å². The highest BCUT2D eigenvalue weighted by molar-refractivity contribution is 6.25. The first-order valence-corrected chi connectivity index (χ1v) is 8.29. The number of hydrogen-bond acceptors (Lipinski definition) is 3. The van der Waals surface area contributed by atoms with E-state index in [9.17, 15) is 14.9 Å². The van der Waals surface area contributed by atoms with Gasteiger partial charge < -0.3 is 4.90 Å². The van der Waals surface area contributed by atoms with Gasteiger partial charge >= 0.3 is 6.03 Å². The predicted octanol–water partition coefficient (Wildman–Crippen LogP) is 3.03. The fourth-order valence-electron chi connectivity index (χ4n) is 4.72. The van der Waals surface area contributed by atoms with Crippen LogP contribution in [0.1, 0.15) is 24.8 Å². The van der Waals surface area contributed by atoms with Crippen molar-refractivity contribution in [1.82, 2.24) is 4.90 Å². The van der Waals surface area contributed by atoms with Gasteiger partial charge in [-0.3, -0.25) is 4.79 Å². The highest BCUT2D eigenvalue weighted by Gasteiger charge is 2.59. The molecule has 0 aromatic heterocycles. The fraction of sp³-hybridized carbons (Fsp3) is 0.316. The first-order chi connectivity index (χ1) is 11.7. The molecule has 1 aliphatic carbocycles. The number of carbonyl (C=O) groups is 2. The summed E-state index contributed by atoms with van der Waals surface area (Å²) in [6, 6.07) is 12.8. The molecule has 5 rings (SSSR count). The topological polar surface area (TPSA) is 64.4 Å². The summed E-state index contributed by atoms with van der Waals surface area (Å²) >= 11 is 0. The molecule has 24 heavy (non-hydrogen) atoms. The van der Waals surface area contributed by atoms with Gasteiger partial charge in [-0.15, -0.1) is 0 Å². The van der Waals surface area contributed by atoms with Crippen molar-refractivity contribution in [2.45, 2.75) is 31.3 Å². The number of fused-ring (bicyclic) bond motifs is 6. The highest BCUT2D eigenvalue weighted by atomic mass is 16.2. The van der Waals surface area contributed by atoms with Crippen molar-refractivity contribution in [1.29, 1.82) is 5.26 Å². The minimum absolute atomic E-state index is 0.109. The monoisotopic (exact) mass is 317 g/mol. The molecule has 118 valence electrons. The van der Waals surface area contributed by atoms with Crippen molar-refractivity contribution in [2.24, 2.45) is 5.92 Å². The van der Waals surface area contributed by atoms with Crippen molar-refractivity contribution in [3.8, 4) is 6.07 Å². The van der Waals surface area contributed by atoms with Crippen LogP contribution < -0.4 is 4.90 Å². The van der Waals surface area contributed by atoms with E-state index in [1.807, 2.05) is 24.3 Å². The van der Waals surface area contributed by atoms with E-state index in [4.69, 9.17) is 0 Å². The Hall–Kier alpha value is -2.87. The number of imide groups is 1. The molecule has 5 nitrogen and oxygen atoms in total. The van der Waals surface area contributed by atoms with Crippen LogP contribution in [0, 0.1) is 17.2 Å². The number of piperidine rings is 1. The summed E-state index contributed by atoms with van der Waals surface area (Å²) in [7, 11) is 0. The lowest BCUT2D eigenvalue weighted by Gasteiger charge is -2.25. The molecule has 0 unspecified atom stereocenters. The smallest absolute Gasteiger partial charge is 0.309 e. The van der Waals surface area contributed by atoms with Gasteiger partial charge in [-0.2, -0.15) is 5.26 Å². The van der Waals surface area contributed by atoms with Gasteiger partial charge in [0, 0.05) is 16.8 Å². The molecule has 3 amide bonds. The van der Waals surface area contributed by atoms with Gasteiger partial charge in [0.2, 0.25) is 0 Å². The first-order valence-electron chi connectivity index (χ1n) is 8.29. The Morgan fingerprint density at radius 3 is 2.58 bits per heavy atom. The van der Waals surface area contributed by atoms with Crippen LogP contribution in [0.3, 0.4) is 0 Å². The van der Waals surface area contributed by atoms with Crippen molar-refractivity contribution in [2.75, 3.05) is 4.90 Å². The summed E-state index contributed by atoms with van der Waals surface area (Å²) in [6.07, 6.45) is 3.00. The zero-order valence-electron chi connectivity index (χ0n) is 13.0. The fourth-order valence-corrected chi connectivity index (χ4v) is 4.72. The average molecular weight is 317 g/mol. The number of benzene rings is 2. The van der Waals surface area contributed by atoms with Gasteiger partial charge in [0.15, 0.2) is 0 Å². The molecule has 1 saturated carbocycles. The minimum atomic E-state index is -0.286. The zero-order chi connectivity index (χ0) is 16.4. The Morgan fingerprint density at radius 1 is 1.04 bits per heavy atom. The Morgan fingerprint density at radius 2 is 1.83 bits per heavy atom. The summed E-state index contributed by atoms with van der Waals surface area (Å²) in [5, 5.41) is 10.8. The summed E-state index contributed by atoms with van der Waals surface area (Å²) in [6.45, 7) is 0. The van der Waals surface area contributed by atoms with E-state index in [1.54, 1.807) is 17.0 Å². The molecule has 2 aromatic carbocycles. The SMILES string of the molecule is N#Cc1ccc(N2C(=O)[C@H]3[C@@H]4CC[C@@H](C4)N3C2=O)c2ccccc12. The van der Waals surface area contributed by atoms with E-state index in [0.29, 0.717) is 17.2 Å². The van der Waals surface area contributed by atoms with Gasteiger partial charge in [-0.05, 0) is 37.3 Å². The molecular weight excluding hydrogens is 302 g/mol. The normalized spacial score (nSPS) is 27.9. The lowest BCUT2D eigenvalue weighted by molar-refractivity contribution is -0.120. The molecule has 0 N–H and O–H groups in total. The number of amides is 3. The Bertz CT molecular complexity index is 917. The summed E-state index contributed by atoms with van der Waals surface area (Å²) in [4.78, 5) is 29.1. The summed E-state index contributed by atoms with van der Waals surface area (Å²) < 4.78 is 0. The molecule has 5 heteroatoms. The van der Waals surface area contributed by atoms with Crippen LogP contribution in [0.15, 0.2) is 36.4 Å². The number of nitrogens with zero attached hydrogens (tertiary/aromatic N) is 3. The molecule has 2 heterocycles. The van der Waals surface area contributed by atoms with Crippen molar-refractivity contribution >= 4 is 28.4 Å². The second-order valence-corrected chi connectivity index (χ2v) is 6.82. The van der Waals surface area contributed by atoms with Crippen molar-refractivity contribution in [3.05, 3.63) is 42.0 Å². The van der Waals surface area contributed by atoms with Crippen LogP contribution in [0.25, 0.3) is 10.8 Å². The van der Waals surface area contributed by atoms with Crippen LogP contribution in [0.5, 0.6) is 0 Å². The van der Waals surface area contributed by atoms with Crippen LogP contribution in [0.2, 0.25) is 0 Å². The third-order valence-corrected chi connectivity index (χ3v) is 5.73. The number of urea groups is 1. The van der Waals surface area contributed by atoms with Crippen LogP contribution in [-0.2, 0) is 4.79 Å². The maximum absolute atomic E-state index is 13.0. The highest BCUT2D eigenvalue weighted by Crippen LogP contribution is 2.47. The zero-order valence-corrected chi connectivity index (χ0v) is 13.0. The molecule has 3 atom stereocenters. The average Bonchev–Trinajstić information content (AvgIpc) is 3.28. The van der Waals surface area contributed by atoms with Crippen molar-refractivity contribution in [3.63, 3.8) is 0 Å². The summed E-state index contributed by atoms with van der Waals surface area (Å²) in [5.41, 5.74) is 1.14. The Balaban J connectivity index is 1.68. The predicted molar refractivity (Wildman–Crippen MR) is 88.3 cm³/mol. The molecule has 2 bridgehead atoms. The second-order valence-electron chi connectivity index (χ2n) is 6.82. The maximum Gasteiger partial charge on any atom is 0.332 e. The number of carbonyl (C=O) groups excluding carboxylic acids is 2. The van der Waals surface area contributed by atoms with Gasteiger partial charge in [-0.25, -0.2) is 9.69 Å². The molecule has 3 aliphatic rings. The van der Waals surface area contributed by atoms with E-state index in [1.165, 1.54) is 4.90 Å². The van der Waals surface area contributed by atoms with Gasteiger partial charge in [0.1, 0.15) is 6.04 Å². The van der Waals surface area contributed by atoms with Gasteiger partial charge in [-0.1, -0.05) is 24.3 Å². The lowest BCUT2D eigenvalue weighted by atomic mass is 9.98. The third kappa shape index (κ3) is 1.53. The quantitative estimate of drug-likeness (QED) is 0.759. The van der Waals surface area contributed by atoms with Gasteiger partial charge in [0.05, 0.1) is 17.3 Å². The Labute approximate surface area is 139 Å². The molecule has 2 aromatic rings. The minimum Gasteiger partial charge on any atom is -0.309 e. The van der Waals surface area contributed by atoms with Crippen LogP contribution >= 0.6 is 0 Å². The second kappa shape index (κ2) is 4.57. The molecule has 0 spiro atoms. The number of rotatable bonds is 1. The van der Waals surface area contributed by atoms with E-state index in [0.717, 1.165) is 30.0 Å². The number of anilines is 1. The largest absolute Gasteiger partial charge is 0.332 e. The van der Waals surface area contributed by atoms with E-state index >= 15 is 0 Å². The molecule has 2 saturated heterocycles. The molecule has 0 radical (unpaired) electrons. The molecule has 2 aliphatic heterocycles. The van der Waals surface area contributed by atoms with Crippen molar-refractivity contribution < 1.29 is 9.59 Å². The van der Waals surface area contributed by atoms with E-state index in [-0.39, 0.29) is 24.0 Å².